The Morgan fingerprint density at radius 2 is 1.96 bits per heavy atom. The summed E-state index contributed by atoms with van der Waals surface area (Å²) in [5.74, 6) is 0.594. The number of aryl methyl sites for hydroxylation is 2. The van der Waals surface area contributed by atoms with Gasteiger partial charge in [0.1, 0.15) is 5.82 Å². The van der Waals surface area contributed by atoms with Crippen LogP contribution in [0.25, 0.3) is 0 Å². The fourth-order valence-electron chi connectivity index (χ4n) is 3.27. The van der Waals surface area contributed by atoms with E-state index in [9.17, 15) is 13.2 Å². The molecule has 2 heterocycles. The summed E-state index contributed by atoms with van der Waals surface area (Å²) < 4.78 is 28.6. The first kappa shape index (κ1) is 22.4. The minimum atomic E-state index is -3.72. The van der Waals surface area contributed by atoms with Crippen molar-refractivity contribution >= 4 is 28.3 Å². The lowest BCUT2D eigenvalue weighted by atomic mass is 9.95. The number of nitrogens with one attached hydrogen (secondary N) is 1. The van der Waals surface area contributed by atoms with Gasteiger partial charge in [-0.2, -0.15) is 0 Å². The zero-order chi connectivity index (χ0) is 19.6. The van der Waals surface area contributed by atoms with Gasteiger partial charge in [-0.05, 0) is 12.5 Å². The minimum Gasteiger partial charge on any atom is -0.340 e. The molecule has 0 unspecified atom stereocenters. The average Bonchev–Trinajstić information content (AvgIpc) is 3.19. The van der Waals surface area contributed by atoms with Crippen LogP contribution < -0.4 is 10.5 Å². The van der Waals surface area contributed by atoms with E-state index in [0.29, 0.717) is 18.9 Å². The van der Waals surface area contributed by atoms with Crippen LogP contribution in [0.4, 0.5) is 0 Å². The summed E-state index contributed by atoms with van der Waals surface area (Å²) in [6.07, 6.45) is 1.53. The Balaban J connectivity index is 0.00000280. The van der Waals surface area contributed by atoms with Gasteiger partial charge in [0, 0.05) is 51.3 Å². The van der Waals surface area contributed by atoms with Crippen molar-refractivity contribution in [2.75, 3.05) is 19.6 Å². The SMILES string of the molecule is Cc1nc(S(=O)(=O)NCCC(=O)N2C[C@@H](N)[C@H](c3ccccc3)C2)cn1C.Cl. The maximum Gasteiger partial charge on any atom is 0.259 e. The van der Waals surface area contributed by atoms with Crippen molar-refractivity contribution in [3.63, 3.8) is 0 Å². The summed E-state index contributed by atoms with van der Waals surface area (Å²) in [4.78, 5) is 18.2. The molecule has 10 heteroatoms. The Bertz CT molecular complexity index is 897. The lowest BCUT2D eigenvalue weighted by Crippen LogP contribution is -2.35. The van der Waals surface area contributed by atoms with Crippen LogP contribution in [0, 0.1) is 6.92 Å². The van der Waals surface area contributed by atoms with E-state index in [1.807, 2.05) is 30.3 Å². The van der Waals surface area contributed by atoms with E-state index in [1.54, 1.807) is 23.4 Å². The van der Waals surface area contributed by atoms with Gasteiger partial charge in [0.15, 0.2) is 5.03 Å². The van der Waals surface area contributed by atoms with E-state index in [0.717, 1.165) is 5.56 Å². The zero-order valence-corrected chi connectivity index (χ0v) is 17.5. The van der Waals surface area contributed by atoms with Crippen LogP contribution in [0.2, 0.25) is 0 Å². The minimum absolute atomic E-state index is 0. The maximum absolute atomic E-state index is 12.5. The summed E-state index contributed by atoms with van der Waals surface area (Å²) in [7, 11) is -2.00. The van der Waals surface area contributed by atoms with Crippen LogP contribution in [0.3, 0.4) is 0 Å². The van der Waals surface area contributed by atoms with E-state index in [2.05, 4.69) is 9.71 Å². The molecular formula is C18H26ClN5O3S. The van der Waals surface area contributed by atoms with E-state index < -0.39 is 10.0 Å². The van der Waals surface area contributed by atoms with Gasteiger partial charge in [-0.25, -0.2) is 18.1 Å². The second-order valence-corrected chi connectivity index (χ2v) is 8.58. The number of nitrogens with two attached hydrogens (primary N) is 1. The molecule has 0 saturated carbocycles. The number of hydrogen-bond donors (Lipinski definition) is 2. The third kappa shape index (κ3) is 4.91. The molecule has 8 nitrogen and oxygen atoms in total. The van der Waals surface area contributed by atoms with E-state index in [-0.39, 0.29) is 48.3 Å². The molecule has 3 rings (SSSR count). The van der Waals surface area contributed by atoms with Crippen LogP contribution in [0.1, 0.15) is 23.7 Å². The number of carbonyl (C=O) groups excluding carboxylic acids is 1. The van der Waals surface area contributed by atoms with Crippen molar-refractivity contribution in [1.29, 1.82) is 0 Å². The molecular weight excluding hydrogens is 402 g/mol. The lowest BCUT2D eigenvalue weighted by molar-refractivity contribution is -0.130. The largest absolute Gasteiger partial charge is 0.340 e. The Kier molecular flexibility index (Phi) is 7.22. The first-order valence-corrected chi connectivity index (χ1v) is 10.3. The van der Waals surface area contributed by atoms with Crippen LogP contribution >= 0.6 is 12.4 Å². The molecule has 28 heavy (non-hydrogen) atoms. The molecule has 1 fully saturated rings. The summed E-state index contributed by atoms with van der Waals surface area (Å²) >= 11 is 0. The number of sulfonamides is 1. The van der Waals surface area contributed by atoms with E-state index in [1.165, 1.54) is 6.20 Å². The maximum atomic E-state index is 12.5. The van der Waals surface area contributed by atoms with Gasteiger partial charge in [0.25, 0.3) is 10.0 Å². The molecule has 2 atom stereocenters. The first-order valence-electron chi connectivity index (χ1n) is 8.86. The highest BCUT2D eigenvalue weighted by Crippen LogP contribution is 2.26. The highest BCUT2D eigenvalue weighted by Gasteiger charge is 2.33. The van der Waals surface area contributed by atoms with Crippen molar-refractivity contribution in [1.82, 2.24) is 19.2 Å². The molecule has 154 valence electrons. The predicted molar refractivity (Wildman–Crippen MR) is 109 cm³/mol. The fourth-order valence-corrected chi connectivity index (χ4v) is 4.33. The standard InChI is InChI=1S/C18H25N5O3S.ClH/c1-13-21-17(12-22(13)2)27(25,26)20-9-8-18(24)23-10-15(16(19)11-23)14-6-4-3-5-7-14;/h3-7,12,15-16,20H,8-11,19H2,1-2H3;1H/t15-,16+;/m0./s1. The fraction of sp³-hybridized carbons (Fsp3) is 0.444. The number of amides is 1. The molecule has 0 aliphatic carbocycles. The monoisotopic (exact) mass is 427 g/mol. The van der Waals surface area contributed by atoms with Gasteiger partial charge in [0.2, 0.25) is 5.91 Å². The van der Waals surface area contributed by atoms with Crippen molar-refractivity contribution in [2.45, 2.75) is 30.3 Å². The predicted octanol–water partition coefficient (Wildman–Crippen LogP) is 0.772. The Hall–Kier alpha value is -1.94. The molecule has 1 amide bonds. The van der Waals surface area contributed by atoms with Gasteiger partial charge in [0.05, 0.1) is 0 Å². The number of aromatic nitrogens is 2. The average molecular weight is 428 g/mol. The van der Waals surface area contributed by atoms with Crippen LogP contribution in [0.15, 0.2) is 41.6 Å². The molecule has 1 aromatic heterocycles. The summed E-state index contributed by atoms with van der Waals surface area (Å²) in [6.45, 7) is 2.78. The summed E-state index contributed by atoms with van der Waals surface area (Å²) in [5, 5.41) is -0.0396. The zero-order valence-electron chi connectivity index (χ0n) is 15.9. The van der Waals surface area contributed by atoms with Gasteiger partial charge in [-0.1, -0.05) is 30.3 Å². The highest BCUT2D eigenvalue weighted by molar-refractivity contribution is 7.89. The molecule has 3 N–H and O–H groups in total. The molecule has 1 saturated heterocycles. The number of rotatable bonds is 6. The van der Waals surface area contributed by atoms with E-state index >= 15 is 0 Å². The quantitative estimate of drug-likeness (QED) is 0.707. The molecule has 1 aromatic carbocycles. The number of imidazole rings is 1. The normalized spacial score (nSPS) is 19.5. The van der Waals surface area contributed by atoms with Crippen molar-refractivity contribution in [2.24, 2.45) is 12.8 Å². The number of carbonyl (C=O) groups is 1. The van der Waals surface area contributed by atoms with E-state index in [4.69, 9.17) is 5.73 Å². The second-order valence-electron chi connectivity index (χ2n) is 6.86. The van der Waals surface area contributed by atoms with Gasteiger partial charge in [-0.3, -0.25) is 4.79 Å². The van der Waals surface area contributed by atoms with Gasteiger partial charge < -0.3 is 15.2 Å². The van der Waals surface area contributed by atoms with Crippen molar-refractivity contribution in [3.8, 4) is 0 Å². The first-order chi connectivity index (χ1) is 12.8. The van der Waals surface area contributed by atoms with Crippen LogP contribution in [-0.2, 0) is 21.9 Å². The third-order valence-electron chi connectivity index (χ3n) is 4.94. The Labute approximate surface area is 171 Å². The van der Waals surface area contributed by atoms with Crippen molar-refractivity contribution in [3.05, 3.63) is 47.9 Å². The Morgan fingerprint density at radius 1 is 1.29 bits per heavy atom. The smallest absolute Gasteiger partial charge is 0.259 e. The summed E-state index contributed by atoms with van der Waals surface area (Å²) in [5.41, 5.74) is 7.33. The van der Waals surface area contributed by atoms with Crippen molar-refractivity contribution < 1.29 is 13.2 Å². The second kappa shape index (κ2) is 9.04. The van der Waals surface area contributed by atoms with Gasteiger partial charge >= 0.3 is 0 Å². The topological polar surface area (TPSA) is 110 Å². The number of nitrogens with zero attached hydrogens (tertiary/aromatic N) is 3. The number of benzene rings is 1. The highest BCUT2D eigenvalue weighted by atomic mass is 35.5. The third-order valence-corrected chi connectivity index (χ3v) is 6.27. The number of likely N-dealkylation sites (tertiary alicyclic amines) is 1. The number of halogens is 1. The Morgan fingerprint density at radius 3 is 2.57 bits per heavy atom. The van der Waals surface area contributed by atoms with Crippen LogP contribution in [0.5, 0.6) is 0 Å². The number of hydrogen-bond acceptors (Lipinski definition) is 5. The molecule has 1 aliphatic heterocycles. The molecule has 0 bridgehead atoms. The molecule has 2 aromatic rings. The summed E-state index contributed by atoms with van der Waals surface area (Å²) in [6, 6.07) is 9.77. The van der Waals surface area contributed by atoms with Crippen LogP contribution in [-0.4, -0.2) is 54.5 Å². The van der Waals surface area contributed by atoms with Gasteiger partial charge in [-0.15, -0.1) is 12.4 Å². The lowest BCUT2D eigenvalue weighted by Gasteiger charge is -2.16. The molecule has 0 spiro atoms. The molecule has 1 aliphatic rings. The molecule has 0 radical (unpaired) electrons.